The lowest BCUT2D eigenvalue weighted by molar-refractivity contribution is -0.154. The highest BCUT2D eigenvalue weighted by Crippen LogP contribution is 2.20. The summed E-state index contributed by atoms with van der Waals surface area (Å²) in [4.78, 5) is 37.0. The number of amides is 1. The zero-order valence-corrected chi connectivity index (χ0v) is 19.5. The average molecular weight is 495 g/mol. The van der Waals surface area contributed by atoms with Crippen LogP contribution >= 0.6 is 11.6 Å². The van der Waals surface area contributed by atoms with Gasteiger partial charge in [-0.05, 0) is 55.5 Å². The fraction of sp³-hybridized carbons (Fsp3) is 0.318. The Morgan fingerprint density at radius 2 is 1.52 bits per heavy atom. The molecule has 33 heavy (non-hydrogen) atoms. The first kappa shape index (κ1) is 24.7. The van der Waals surface area contributed by atoms with Crippen LogP contribution in [-0.4, -0.2) is 74.7 Å². The van der Waals surface area contributed by atoms with E-state index in [2.05, 4.69) is 0 Å². The fourth-order valence-corrected chi connectivity index (χ4v) is 4.68. The van der Waals surface area contributed by atoms with Crippen molar-refractivity contribution < 1.29 is 32.3 Å². The summed E-state index contributed by atoms with van der Waals surface area (Å²) in [6, 6.07) is 12.2. The summed E-state index contributed by atoms with van der Waals surface area (Å²) in [5.74, 6) is -0.829. The third kappa shape index (κ3) is 6.53. The fourth-order valence-electron chi connectivity index (χ4n) is 3.14. The number of nitrogens with zero attached hydrogens (tertiary/aromatic N) is 2. The predicted octanol–water partition coefficient (Wildman–Crippen LogP) is 2.00. The van der Waals surface area contributed by atoms with Gasteiger partial charge in [0.1, 0.15) is 5.75 Å². The van der Waals surface area contributed by atoms with Crippen LogP contribution in [0, 0.1) is 0 Å². The highest BCUT2D eigenvalue weighted by atomic mass is 35.5. The van der Waals surface area contributed by atoms with Crippen molar-refractivity contribution in [3.05, 3.63) is 59.1 Å². The number of benzene rings is 2. The van der Waals surface area contributed by atoms with Crippen LogP contribution in [0.3, 0.4) is 0 Å². The highest BCUT2D eigenvalue weighted by molar-refractivity contribution is 7.89. The SMILES string of the molecule is CC(=O)c1ccc(OCC(=O)OCC(=O)N2CCN(S(=O)(=O)c3ccc(Cl)cc3)CC2)cc1. The van der Waals surface area contributed by atoms with Crippen LogP contribution in [0.25, 0.3) is 0 Å². The molecule has 11 heteroatoms. The molecular weight excluding hydrogens is 472 g/mol. The second-order valence-corrected chi connectivity index (χ2v) is 9.64. The molecule has 0 saturated carbocycles. The number of Topliss-reactive ketones (excluding diaryl/α,β-unsaturated/α-hetero) is 1. The number of sulfonamides is 1. The van der Waals surface area contributed by atoms with Crippen LogP contribution in [0.15, 0.2) is 53.4 Å². The summed E-state index contributed by atoms with van der Waals surface area (Å²) in [7, 11) is -3.68. The smallest absolute Gasteiger partial charge is 0.344 e. The zero-order valence-electron chi connectivity index (χ0n) is 17.9. The number of hydrogen-bond acceptors (Lipinski definition) is 7. The van der Waals surface area contributed by atoms with E-state index in [1.165, 1.54) is 40.4 Å². The molecule has 0 aromatic heterocycles. The summed E-state index contributed by atoms with van der Waals surface area (Å²) in [6.45, 7) is 1.22. The van der Waals surface area contributed by atoms with Crippen molar-refractivity contribution >= 4 is 39.3 Å². The van der Waals surface area contributed by atoms with Crippen molar-refractivity contribution in [3.63, 3.8) is 0 Å². The Kier molecular flexibility index (Phi) is 8.06. The van der Waals surface area contributed by atoms with Gasteiger partial charge in [-0.25, -0.2) is 13.2 Å². The normalized spacial score (nSPS) is 14.5. The quantitative estimate of drug-likeness (QED) is 0.407. The Hall–Kier alpha value is -2.95. The Bertz CT molecular complexity index is 1110. The molecule has 0 atom stereocenters. The van der Waals surface area contributed by atoms with Crippen molar-refractivity contribution in [1.82, 2.24) is 9.21 Å². The van der Waals surface area contributed by atoms with E-state index in [1.54, 1.807) is 24.3 Å². The van der Waals surface area contributed by atoms with Crippen LogP contribution < -0.4 is 4.74 Å². The topological polar surface area (TPSA) is 110 Å². The maximum absolute atomic E-state index is 12.7. The van der Waals surface area contributed by atoms with Gasteiger partial charge in [-0.15, -0.1) is 0 Å². The number of piperazine rings is 1. The number of carbonyl (C=O) groups is 3. The van der Waals surface area contributed by atoms with Crippen LogP contribution in [0.2, 0.25) is 5.02 Å². The molecule has 2 aromatic rings. The van der Waals surface area contributed by atoms with E-state index < -0.39 is 28.5 Å². The zero-order chi connectivity index (χ0) is 24.0. The number of carbonyl (C=O) groups excluding carboxylic acids is 3. The molecule has 0 radical (unpaired) electrons. The first-order valence-corrected chi connectivity index (χ1v) is 11.9. The molecule has 1 amide bonds. The summed E-state index contributed by atoms with van der Waals surface area (Å²) < 4.78 is 37.0. The molecule has 1 aliphatic heterocycles. The van der Waals surface area contributed by atoms with E-state index in [4.69, 9.17) is 21.1 Å². The monoisotopic (exact) mass is 494 g/mol. The van der Waals surface area contributed by atoms with Crippen LogP contribution in [0.5, 0.6) is 5.75 Å². The minimum Gasteiger partial charge on any atom is -0.482 e. The van der Waals surface area contributed by atoms with Crippen molar-refractivity contribution in [3.8, 4) is 5.75 Å². The Morgan fingerprint density at radius 1 is 0.909 bits per heavy atom. The molecule has 0 aliphatic carbocycles. The van der Waals surface area contributed by atoms with Crippen LogP contribution in [0.4, 0.5) is 0 Å². The van der Waals surface area contributed by atoms with Gasteiger partial charge >= 0.3 is 5.97 Å². The maximum atomic E-state index is 12.7. The summed E-state index contributed by atoms with van der Waals surface area (Å²) in [6.07, 6.45) is 0. The summed E-state index contributed by atoms with van der Waals surface area (Å²) in [5, 5.41) is 0.440. The van der Waals surface area contributed by atoms with Crippen LogP contribution in [0.1, 0.15) is 17.3 Å². The molecule has 0 unspecified atom stereocenters. The minimum atomic E-state index is -3.68. The van der Waals surface area contributed by atoms with E-state index in [0.717, 1.165) is 0 Å². The third-order valence-electron chi connectivity index (χ3n) is 5.02. The van der Waals surface area contributed by atoms with E-state index in [0.29, 0.717) is 16.3 Å². The van der Waals surface area contributed by atoms with Gasteiger partial charge in [-0.3, -0.25) is 9.59 Å². The van der Waals surface area contributed by atoms with Gasteiger partial charge in [0, 0.05) is 36.8 Å². The first-order valence-electron chi connectivity index (χ1n) is 10.1. The number of hydrogen-bond donors (Lipinski definition) is 0. The Balaban J connectivity index is 1.42. The molecule has 1 saturated heterocycles. The lowest BCUT2D eigenvalue weighted by Crippen LogP contribution is -2.51. The molecular formula is C22H23ClN2O7S. The molecule has 176 valence electrons. The van der Waals surface area contributed by atoms with Gasteiger partial charge < -0.3 is 14.4 Å². The number of ether oxygens (including phenoxy) is 2. The standard InChI is InChI=1S/C22H23ClN2O7S/c1-16(26)17-2-6-19(7-3-17)31-15-22(28)32-14-21(27)24-10-12-25(13-11-24)33(29,30)20-8-4-18(23)5-9-20/h2-9H,10-15H2,1H3. The number of ketones is 1. The number of rotatable bonds is 8. The highest BCUT2D eigenvalue weighted by Gasteiger charge is 2.30. The second-order valence-electron chi connectivity index (χ2n) is 7.27. The van der Waals surface area contributed by atoms with Gasteiger partial charge in [0.25, 0.3) is 5.91 Å². The third-order valence-corrected chi connectivity index (χ3v) is 7.18. The maximum Gasteiger partial charge on any atom is 0.344 e. The largest absolute Gasteiger partial charge is 0.482 e. The van der Waals surface area contributed by atoms with Crippen molar-refractivity contribution in [1.29, 1.82) is 0 Å². The van der Waals surface area contributed by atoms with Gasteiger partial charge in [0.15, 0.2) is 19.0 Å². The molecule has 1 heterocycles. The van der Waals surface area contributed by atoms with Crippen molar-refractivity contribution in [2.45, 2.75) is 11.8 Å². The van der Waals surface area contributed by atoms with Gasteiger partial charge in [0.2, 0.25) is 10.0 Å². The van der Waals surface area contributed by atoms with E-state index >= 15 is 0 Å². The predicted molar refractivity (Wildman–Crippen MR) is 120 cm³/mol. The molecule has 0 spiro atoms. The molecule has 3 rings (SSSR count). The Morgan fingerprint density at radius 3 is 2.09 bits per heavy atom. The number of esters is 1. The van der Waals surface area contributed by atoms with Crippen molar-refractivity contribution in [2.24, 2.45) is 0 Å². The molecule has 1 aliphatic rings. The lowest BCUT2D eigenvalue weighted by Gasteiger charge is -2.33. The van der Waals surface area contributed by atoms with E-state index in [-0.39, 0.29) is 43.5 Å². The van der Waals surface area contributed by atoms with E-state index in [9.17, 15) is 22.8 Å². The lowest BCUT2D eigenvalue weighted by atomic mass is 10.1. The molecule has 1 fully saturated rings. The minimum absolute atomic E-state index is 0.0807. The van der Waals surface area contributed by atoms with E-state index in [1.807, 2.05) is 0 Å². The first-order chi connectivity index (χ1) is 15.7. The van der Waals surface area contributed by atoms with Gasteiger partial charge in [0.05, 0.1) is 4.90 Å². The second kappa shape index (κ2) is 10.8. The van der Waals surface area contributed by atoms with Gasteiger partial charge in [-0.2, -0.15) is 4.31 Å². The van der Waals surface area contributed by atoms with Crippen LogP contribution in [-0.2, 0) is 24.3 Å². The van der Waals surface area contributed by atoms with Crippen molar-refractivity contribution in [2.75, 3.05) is 39.4 Å². The molecule has 0 bridgehead atoms. The summed E-state index contributed by atoms with van der Waals surface area (Å²) >= 11 is 5.81. The van der Waals surface area contributed by atoms with Gasteiger partial charge in [-0.1, -0.05) is 11.6 Å². The summed E-state index contributed by atoms with van der Waals surface area (Å²) in [5.41, 5.74) is 0.525. The molecule has 2 aromatic carbocycles. The molecule has 0 N–H and O–H groups in total. The molecule has 9 nitrogen and oxygen atoms in total. The Labute approximate surface area is 196 Å². The number of halogens is 1. The average Bonchev–Trinajstić information content (AvgIpc) is 2.81.